The fourth-order valence-corrected chi connectivity index (χ4v) is 7.65. The van der Waals surface area contributed by atoms with Crippen molar-refractivity contribution in [2.24, 2.45) is 0 Å². The Morgan fingerprint density at radius 1 is 0.500 bits per heavy atom. The second kappa shape index (κ2) is 43.5. The Kier molecular flexibility index (Phi) is 41.9. The van der Waals surface area contributed by atoms with Gasteiger partial charge in [-0.05, 0) is 38.5 Å². The molecule has 8 nitrogen and oxygen atoms in total. The van der Waals surface area contributed by atoms with Crippen LogP contribution in [-0.2, 0) is 28.6 Å². The van der Waals surface area contributed by atoms with E-state index in [0.717, 1.165) is 51.4 Å². The van der Waals surface area contributed by atoms with E-state index in [2.05, 4.69) is 38.2 Å². The van der Waals surface area contributed by atoms with Gasteiger partial charge in [-0.1, -0.05) is 205 Å². The van der Waals surface area contributed by atoms with Crippen molar-refractivity contribution in [1.29, 1.82) is 0 Å². The minimum Gasteiger partial charge on any atom is -0.544 e. The largest absolute Gasteiger partial charge is 0.544 e. The summed E-state index contributed by atoms with van der Waals surface area (Å²) in [5.41, 5.74) is 0. The lowest BCUT2D eigenvalue weighted by molar-refractivity contribution is -0.889. The summed E-state index contributed by atoms with van der Waals surface area (Å²) in [4.78, 5) is 37.0. The van der Waals surface area contributed by atoms with Crippen molar-refractivity contribution < 1.29 is 38.2 Å². The van der Waals surface area contributed by atoms with Crippen molar-refractivity contribution in [3.63, 3.8) is 0 Å². The molecule has 0 bridgehead atoms. The van der Waals surface area contributed by atoms with Gasteiger partial charge in [0.1, 0.15) is 12.6 Å². The molecule has 0 aromatic heterocycles. The molecule has 0 aliphatic rings. The van der Waals surface area contributed by atoms with Crippen LogP contribution in [0.1, 0.15) is 239 Å². The Bertz CT molecular complexity index is 1040. The molecule has 0 saturated heterocycles. The average Bonchev–Trinajstić information content (AvgIpc) is 3.21. The minimum absolute atomic E-state index is 0.0367. The Morgan fingerprint density at radius 2 is 0.867 bits per heavy atom. The molecule has 0 aromatic rings. The van der Waals surface area contributed by atoms with Crippen LogP contribution in [0.3, 0.4) is 0 Å². The number of carboxylic acids is 1. The molecule has 0 spiro atoms. The highest BCUT2D eigenvalue weighted by molar-refractivity contribution is 5.70. The van der Waals surface area contributed by atoms with Crippen molar-refractivity contribution in [2.45, 2.75) is 251 Å². The lowest BCUT2D eigenvalue weighted by Gasteiger charge is -2.34. The number of allylic oxidation sites excluding steroid dienone is 4. The summed E-state index contributed by atoms with van der Waals surface area (Å²) in [5, 5.41) is 11.7. The molecule has 0 amide bonds. The van der Waals surface area contributed by atoms with E-state index < -0.39 is 18.1 Å². The van der Waals surface area contributed by atoms with E-state index in [-0.39, 0.29) is 42.7 Å². The minimum atomic E-state index is -1.13. The summed E-state index contributed by atoms with van der Waals surface area (Å²) in [7, 11) is 5.41. The first kappa shape index (κ1) is 57.8. The van der Waals surface area contributed by atoms with E-state index in [9.17, 15) is 19.5 Å². The van der Waals surface area contributed by atoms with Crippen molar-refractivity contribution >= 4 is 17.9 Å². The van der Waals surface area contributed by atoms with Gasteiger partial charge in [-0.2, -0.15) is 0 Å². The maximum atomic E-state index is 12.8. The van der Waals surface area contributed by atoms with Crippen LogP contribution in [0.25, 0.3) is 0 Å². The topological polar surface area (TPSA) is 102 Å². The number of carbonyl (C=O) groups is 3. The van der Waals surface area contributed by atoms with Gasteiger partial charge in [0.15, 0.2) is 6.10 Å². The monoisotopic (exact) mass is 848 g/mol. The van der Waals surface area contributed by atoms with Crippen LogP contribution in [0.5, 0.6) is 0 Å². The second-order valence-corrected chi connectivity index (χ2v) is 18.4. The maximum absolute atomic E-state index is 12.8. The molecule has 352 valence electrons. The molecular weight excluding hydrogens is 751 g/mol. The van der Waals surface area contributed by atoms with E-state index >= 15 is 0 Å². The van der Waals surface area contributed by atoms with Gasteiger partial charge in [-0.3, -0.25) is 9.59 Å². The van der Waals surface area contributed by atoms with Gasteiger partial charge in [0.05, 0.1) is 40.3 Å². The van der Waals surface area contributed by atoms with Crippen LogP contribution < -0.4 is 5.11 Å². The van der Waals surface area contributed by atoms with E-state index in [1.54, 1.807) is 21.1 Å². The fourth-order valence-electron chi connectivity index (χ4n) is 7.65. The number of carbonyl (C=O) groups excluding carboxylic acids is 3. The molecule has 0 N–H and O–H groups in total. The molecule has 0 aliphatic heterocycles. The number of nitrogens with zero attached hydrogens (tertiary/aromatic N) is 1. The molecular formula is C52H97NO7. The molecule has 0 aliphatic carbocycles. The molecule has 2 atom stereocenters. The number of carboxylic acid groups (broad SMARTS) is 1. The first-order chi connectivity index (χ1) is 29.1. The van der Waals surface area contributed by atoms with Crippen LogP contribution >= 0.6 is 0 Å². The van der Waals surface area contributed by atoms with E-state index in [0.29, 0.717) is 12.8 Å². The SMILES string of the molecule is CCCCCCCCC/C=C/C=C/CCCCCC(=O)OCC(COCCC(C(=O)[O-])[N+](C)(C)C)OC(=O)CCCCCCCCCCCCCCCCCCCCCC. The molecule has 0 radical (unpaired) electrons. The van der Waals surface area contributed by atoms with Crippen molar-refractivity contribution in [3.05, 3.63) is 24.3 Å². The summed E-state index contributed by atoms with van der Waals surface area (Å²) < 4.78 is 17.2. The zero-order chi connectivity index (χ0) is 44.2. The predicted molar refractivity (Wildman–Crippen MR) is 250 cm³/mol. The van der Waals surface area contributed by atoms with Crippen molar-refractivity contribution in [3.8, 4) is 0 Å². The number of quaternary nitrogens is 1. The highest BCUT2D eigenvalue weighted by atomic mass is 16.6. The van der Waals surface area contributed by atoms with Crippen LogP contribution in [0.15, 0.2) is 24.3 Å². The van der Waals surface area contributed by atoms with E-state index in [1.807, 2.05) is 0 Å². The normalized spacial score (nSPS) is 13.0. The molecule has 0 saturated carbocycles. The van der Waals surface area contributed by atoms with Crippen LogP contribution in [0.4, 0.5) is 0 Å². The van der Waals surface area contributed by atoms with Gasteiger partial charge in [0.25, 0.3) is 0 Å². The lowest BCUT2D eigenvalue weighted by atomic mass is 10.0. The number of ether oxygens (including phenoxy) is 3. The molecule has 60 heavy (non-hydrogen) atoms. The smallest absolute Gasteiger partial charge is 0.306 e. The highest BCUT2D eigenvalue weighted by Crippen LogP contribution is 2.16. The van der Waals surface area contributed by atoms with Crippen molar-refractivity contribution in [1.82, 2.24) is 0 Å². The number of esters is 2. The number of hydrogen-bond donors (Lipinski definition) is 0. The Hall–Kier alpha value is -2.19. The van der Waals surface area contributed by atoms with Gasteiger partial charge in [0, 0.05) is 19.3 Å². The van der Waals surface area contributed by atoms with Crippen LogP contribution in [-0.4, -0.2) is 75.5 Å². The zero-order valence-corrected chi connectivity index (χ0v) is 40.1. The Morgan fingerprint density at radius 3 is 1.27 bits per heavy atom. The number of unbranched alkanes of at least 4 members (excludes halogenated alkanes) is 29. The fraction of sp³-hybridized carbons (Fsp3) is 0.865. The maximum Gasteiger partial charge on any atom is 0.306 e. The van der Waals surface area contributed by atoms with Gasteiger partial charge in [-0.15, -0.1) is 0 Å². The summed E-state index contributed by atoms with van der Waals surface area (Å²) in [6, 6.07) is -0.727. The highest BCUT2D eigenvalue weighted by Gasteiger charge is 2.25. The van der Waals surface area contributed by atoms with Crippen LogP contribution in [0.2, 0.25) is 0 Å². The average molecular weight is 848 g/mol. The number of aliphatic carboxylic acids is 1. The van der Waals surface area contributed by atoms with E-state index in [1.165, 1.54) is 154 Å². The molecule has 0 rings (SSSR count). The first-order valence-corrected chi connectivity index (χ1v) is 25.4. The Balaban J connectivity index is 4.26. The van der Waals surface area contributed by atoms with Crippen LogP contribution in [0, 0.1) is 0 Å². The number of rotatable bonds is 46. The lowest BCUT2D eigenvalue weighted by Crippen LogP contribution is -2.55. The molecule has 0 heterocycles. The predicted octanol–water partition coefficient (Wildman–Crippen LogP) is 13.1. The molecule has 0 aromatic carbocycles. The molecule has 8 heteroatoms. The van der Waals surface area contributed by atoms with Gasteiger partial charge in [-0.25, -0.2) is 0 Å². The summed E-state index contributed by atoms with van der Waals surface area (Å²) in [5.74, 6) is -1.75. The van der Waals surface area contributed by atoms with Gasteiger partial charge >= 0.3 is 11.9 Å². The summed E-state index contributed by atoms with van der Waals surface area (Å²) in [6.07, 6.45) is 49.2. The number of likely N-dealkylation sites (N-methyl/N-ethyl adjacent to an activating group) is 1. The molecule has 0 fully saturated rings. The third-order valence-corrected chi connectivity index (χ3v) is 11.6. The summed E-state index contributed by atoms with van der Waals surface area (Å²) >= 11 is 0. The Labute approximate surface area is 371 Å². The van der Waals surface area contributed by atoms with E-state index in [4.69, 9.17) is 14.2 Å². The van der Waals surface area contributed by atoms with Gasteiger partial charge in [0.2, 0.25) is 0 Å². The summed E-state index contributed by atoms with van der Waals surface area (Å²) in [6.45, 7) is 4.67. The third kappa shape index (κ3) is 41.2. The second-order valence-electron chi connectivity index (χ2n) is 18.4. The standard InChI is InChI=1S/C52H97NO7/c1-6-8-10-12-14-16-18-20-22-24-25-26-27-29-31-33-35-37-39-41-43-51(55)60-48(46-58-45-44-49(52(56)57)53(3,4)5)47-59-50(54)42-40-38-36-34-32-30-28-23-21-19-17-15-13-11-9-7-2/h23,28,30,32,48-49H,6-22,24-27,29,31,33-47H2,1-5H3/b28-23+,32-30+. The van der Waals surface area contributed by atoms with Gasteiger partial charge < -0.3 is 28.6 Å². The third-order valence-electron chi connectivity index (χ3n) is 11.6. The first-order valence-electron chi connectivity index (χ1n) is 25.4. The number of hydrogen-bond acceptors (Lipinski definition) is 7. The zero-order valence-electron chi connectivity index (χ0n) is 40.1. The molecule has 2 unspecified atom stereocenters. The van der Waals surface area contributed by atoms with Crippen molar-refractivity contribution in [2.75, 3.05) is 41.0 Å². The quantitative estimate of drug-likeness (QED) is 0.0260.